The molecule has 0 atom stereocenters. The third-order valence-corrected chi connectivity index (χ3v) is 4.75. The number of nitrogens with one attached hydrogen (secondary N) is 1. The second kappa shape index (κ2) is 8.72. The van der Waals surface area contributed by atoms with Crippen LogP contribution >= 0.6 is 0 Å². The summed E-state index contributed by atoms with van der Waals surface area (Å²) >= 11 is 0. The van der Waals surface area contributed by atoms with E-state index in [1.165, 1.54) is 41.8 Å². The van der Waals surface area contributed by atoms with Crippen LogP contribution in [0.4, 0.5) is 0 Å². The standard InChI is InChI=1S/C22H29N3/c1-23-16-10-5-11-17-25-18-24(2)21(19-12-6-3-7-13-19)22(25)20-14-8-4-9-15-20/h3-4,6-9,12-15,23H,5,10-11,16-18H2,1-2H3. The molecule has 1 aliphatic heterocycles. The zero-order chi connectivity index (χ0) is 17.5. The quantitative estimate of drug-likeness (QED) is 0.733. The summed E-state index contributed by atoms with van der Waals surface area (Å²) in [5.41, 5.74) is 5.30. The van der Waals surface area contributed by atoms with Crippen LogP contribution in [-0.4, -0.2) is 43.7 Å². The van der Waals surface area contributed by atoms with E-state index < -0.39 is 0 Å². The van der Waals surface area contributed by atoms with Crippen LogP contribution in [0.1, 0.15) is 30.4 Å². The smallest absolute Gasteiger partial charge is 0.0901 e. The van der Waals surface area contributed by atoms with Gasteiger partial charge in [-0.3, -0.25) is 0 Å². The second-order valence-corrected chi connectivity index (χ2v) is 6.70. The Balaban J connectivity index is 1.87. The molecule has 3 heteroatoms. The van der Waals surface area contributed by atoms with Crippen molar-refractivity contribution in [3.05, 3.63) is 71.8 Å². The Morgan fingerprint density at radius 3 is 2.00 bits per heavy atom. The van der Waals surface area contributed by atoms with Gasteiger partial charge in [-0.2, -0.15) is 0 Å². The van der Waals surface area contributed by atoms with Crippen molar-refractivity contribution in [2.24, 2.45) is 0 Å². The highest BCUT2D eigenvalue weighted by atomic mass is 15.4. The van der Waals surface area contributed by atoms with Gasteiger partial charge in [0.2, 0.25) is 0 Å². The van der Waals surface area contributed by atoms with Gasteiger partial charge in [-0.15, -0.1) is 0 Å². The monoisotopic (exact) mass is 335 g/mol. The van der Waals surface area contributed by atoms with Gasteiger partial charge >= 0.3 is 0 Å². The number of rotatable bonds is 8. The van der Waals surface area contributed by atoms with Gasteiger partial charge in [0.1, 0.15) is 0 Å². The van der Waals surface area contributed by atoms with Crippen molar-refractivity contribution in [1.29, 1.82) is 0 Å². The van der Waals surface area contributed by atoms with Crippen LogP contribution in [0.3, 0.4) is 0 Å². The van der Waals surface area contributed by atoms with Crippen LogP contribution in [0.5, 0.6) is 0 Å². The Morgan fingerprint density at radius 1 is 0.800 bits per heavy atom. The lowest BCUT2D eigenvalue weighted by atomic mass is 10.0. The minimum Gasteiger partial charge on any atom is -0.355 e. The van der Waals surface area contributed by atoms with Crippen molar-refractivity contribution >= 4 is 11.4 Å². The topological polar surface area (TPSA) is 18.5 Å². The summed E-state index contributed by atoms with van der Waals surface area (Å²) in [6, 6.07) is 21.6. The zero-order valence-electron chi connectivity index (χ0n) is 15.4. The number of benzene rings is 2. The van der Waals surface area contributed by atoms with Crippen LogP contribution in [-0.2, 0) is 0 Å². The summed E-state index contributed by atoms with van der Waals surface area (Å²) in [5.74, 6) is 0. The van der Waals surface area contributed by atoms with Crippen LogP contribution in [0.25, 0.3) is 11.4 Å². The van der Waals surface area contributed by atoms with E-state index in [1.807, 2.05) is 7.05 Å². The van der Waals surface area contributed by atoms with Gasteiger partial charge in [0, 0.05) is 13.6 Å². The van der Waals surface area contributed by atoms with Crippen LogP contribution in [0.2, 0.25) is 0 Å². The summed E-state index contributed by atoms with van der Waals surface area (Å²) < 4.78 is 0. The molecule has 0 aromatic heterocycles. The number of nitrogens with zero attached hydrogens (tertiary/aromatic N) is 2. The predicted octanol–water partition coefficient (Wildman–Crippen LogP) is 4.11. The Bertz CT molecular complexity index is 679. The molecule has 0 saturated carbocycles. The highest BCUT2D eigenvalue weighted by Gasteiger charge is 2.28. The van der Waals surface area contributed by atoms with E-state index in [2.05, 4.69) is 82.8 Å². The molecule has 2 aromatic rings. The summed E-state index contributed by atoms with van der Waals surface area (Å²) in [6.07, 6.45) is 3.74. The molecule has 0 radical (unpaired) electrons. The van der Waals surface area contributed by atoms with Gasteiger partial charge in [-0.1, -0.05) is 67.1 Å². The van der Waals surface area contributed by atoms with Gasteiger partial charge in [-0.25, -0.2) is 0 Å². The van der Waals surface area contributed by atoms with E-state index in [0.717, 1.165) is 19.8 Å². The average Bonchev–Trinajstić information content (AvgIpc) is 2.99. The molecular formula is C22H29N3. The molecule has 2 aromatic carbocycles. The SMILES string of the molecule is CNCCCCCN1CN(C)C(c2ccccc2)=C1c1ccccc1. The fourth-order valence-electron chi connectivity index (χ4n) is 3.56. The molecule has 0 unspecified atom stereocenters. The number of hydrogen-bond acceptors (Lipinski definition) is 3. The average molecular weight is 335 g/mol. The molecule has 0 amide bonds. The van der Waals surface area contributed by atoms with Gasteiger partial charge in [0.05, 0.1) is 18.1 Å². The number of hydrogen-bond donors (Lipinski definition) is 1. The van der Waals surface area contributed by atoms with Crippen molar-refractivity contribution in [2.45, 2.75) is 19.3 Å². The van der Waals surface area contributed by atoms with Crippen LogP contribution in [0, 0.1) is 0 Å². The maximum atomic E-state index is 3.24. The van der Waals surface area contributed by atoms with Crippen molar-refractivity contribution in [2.75, 3.05) is 33.9 Å². The van der Waals surface area contributed by atoms with E-state index in [4.69, 9.17) is 0 Å². The summed E-state index contributed by atoms with van der Waals surface area (Å²) in [7, 11) is 4.23. The summed E-state index contributed by atoms with van der Waals surface area (Å²) in [6.45, 7) is 3.17. The Kier molecular flexibility index (Phi) is 6.13. The van der Waals surface area contributed by atoms with Crippen molar-refractivity contribution in [1.82, 2.24) is 15.1 Å². The van der Waals surface area contributed by atoms with Crippen LogP contribution in [0.15, 0.2) is 60.7 Å². The summed E-state index contributed by atoms with van der Waals surface area (Å²) in [5, 5.41) is 3.24. The van der Waals surface area contributed by atoms with E-state index in [0.29, 0.717) is 0 Å². The molecule has 0 saturated heterocycles. The molecule has 25 heavy (non-hydrogen) atoms. The molecule has 0 spiro atoms. The lowest BCUT2D eigenvalue weighted by Crippen LogP contribution is -2.26. The van der Waals surface area contributed by atoms with Gasteiger partial charge in [0.15, 0.2) is 0 Å². The Morgan fingerprint density at radius 2 is 1.40 bits per heavy atom. The highest BCUT2D eigenvalue weighted by Crippen LogP contribution is 2.36. The molecular weight excluding hydrogens is 306 g/mol. The molecule has 0 bridgehead atoms. The lowest BCUT2D eigenvalue weighted by Gasteiger charge is -2.22. The first kappa shape index (κ1) is 17.6. The fourth-order valence-corrected chi connectivity index (χ4v) is 3.56. The van der Waals surface area contributed by atoms with Gasteiger partial charge < -0.3 is 15.1 Å². The van der Waals surface area contributed by atoms with E-state index in [-0.39, 0.29) is 0 Å². The first-order chi connectivity index (χ1) is 12.3. The Hall–Kier alpha value is -2.26. The molecule has 1 N–H and O–H groups in total. The third kappa shape index (κ3) is 4.23. The van der Waals surface area contributed by atoms with Crippen molar-refractivity contribution < 1.29 is 0 Å². The van der Waals surface area contributed by atoms with Crippen molar-refractivity contribution in [3.63, 3.8) is 0 Å². The minimum absolute atomic E-state index is 0.959. The molecule has 1 aliphatic rings. The zero-order valence-corrected chi connectivity index (χ0v) is 15.4. The van der Waals surface area contributed by atoms with Gasteiger partial charge in [0.25, 0.3) is 0 Å². The van der Waals surface area contributed by atoms with E-state index >= 15 is 0 Å². The lowest BCUT2D eigenvalue weighted by molar-refractivity contribution is 0.305. The molecule has 3 rings (SSSR count). The minimum atomic E-state index is 0.959. The maximum absolute atomic E-state index is 3.24. The van der Waals surface area contributed by atoms with E-state index in [9.17, 15) is 0 Å². The third-order valence-electron chi connectivity index (χ3n) is 4.75. The fraction of sp³-hybridized carbons (Fsp3) is 0.364. The molecule has 0 fully saturated rings. The van der Waals surface area contributed by atoms with E-state index in [1.54, 1.807) is 0 Å². The molecule has 132 valence electrons. The predicted molar refractivity (Wildman–Crippen MR) is 107 cm³/mol. The highest BCUT2D eigenvalue weighted by molar-refractivity contribution is 5.90. The normalized spacial score (nSPS) is 14.5. The Labute approximate surface area is 152 Å². The molecule has 0 aliphatic carbocycles. The first-order valence-electron chi connectivity index (χ1n) is 9.27. The largest absolute Gasteiger partial charge is 0.355 e. The molecule has 1 heterocycles. The van der Waals surface area contributed by atoms with Crippen molar-refractivity contribution in [3.8, 4) is 0 Å². The van der Waals surface area contributed by atoms with Gasteiger partial charge in [-0.05, 0) is 37.6 Å². The maximum Gasteiger partial charge on any atom is 0.0901 e. The first-order valence-corrected chi connectivity index (χ1v) is 9.27. The summed E-state index contributed by atoms with van der Waals surface area (Å²) in [4.78, 5) is 4.92. The second-order valence-electron chi connectivity index (χ2n) is 6.70. The van der Waals surface area contributed by atoms with Crippen LogP contribution < -0.4 is 5.32 Å². The molecule has 3 nitrogen and oxygen atoms in total. The number of unbranched alkanes of at least 4 members (excludes halogenated alkanes) is 2.